The van der Waals surface area contributed by atoms with Crippen LogP contribution in [0.2, 0.25) is 0 Å². The van der Waals surface area contributed by atoms with Crippen LogP contribution in [0.25, 0.3) is 10.8 Å². The third kappa shape index (κ3) is 2.87. The van der Waals surface area contributed by atoms with E-state index in [0.717, 1.165) is 30.0 Å². The van der Waals surface area contributed by atoms with Crippen molar-refractivity contribution in [1.82, 2.24) is 4.31 Å². The van der Waals surface area contributed by atoms with E-state index in [9.17, 15) is 8.42 Å². The molecule has 3 rings (SSSR count). The first-order chi connectivity index (χ1) is 10.6. The van der Waals surface area contributed by atoms with Crippen molar-refractivity contribution in [3.8, 4) is 0 Å². The zero-order valence-corrected chi connectivity index (χ0v) is 14.0. The fourth-order valence-electron chi connectivity index (χ4n) is 3.25. The van der Waals surface area contributed by atoms with E-state index in [4.69, 9.17) is 11.6 Å². The molecule has 118 valence electrons. The molecule has 1 atom stereocenters. The van der Waals surface area contributed by atoms with Crippen molar-refractivity contribution in [2.24, 2.45) is 0 Å². The van der Waals surface area contributed by atoms with Gasteiger partial charge in [0, 0.05) is 23.9 Å². The van der Waals surface area contributed by atoms with E-state index in [-0.39, 0.29) is 6.04 Å². The lowest BCUT2D eigenvalue weighted by molar-refractivity contribution is 0.247. The number of rotatable bonds is 4. The number of benzene rings is 2. The van der Waals surface area contributed by atoms with E-state index in [1.165, 1.54) is 0 Å². The molecule has 2 aromatic rings. The molecule has 0 radical (unpaired) electrons. The highest BCUT2D eigenvalue weighted by Gasteiger charge is 2.33. The maximum atomic E-state index is 13.2. The van der Waals surface area contributed by atoms with Crippen molar-refractivity contribution >= 4 is 32.4 Å². The van der Waals surface area contributed by atoms with Gasteiger partial charge in [-0.25, -0.2) is 8.42 Å². The second-order valence-electron chi connectivity index (χ2n) is 5.72. The Kier molecular flexibility index (Phi) is 4.71. The molecule has 0 aliphatic carbocycles. The molecular weight excluding hydrogens is 318 g/mol. The van der Waals surface area contributed by atoms with Gasteiger partial charge in [-0.3, -0.25) is 0 Å². The van der Waals surface area contributed by atoms with Crippen LogP contribution in [0.3, 0.4) is 0 Å². The van der Waals surface area contributed by atoms with Gasteiger partial charge < -0.3 is 0 Å². The first-order valence-corrected chi connectivity index (χ1v) is 9.67. The molecule has 2 aromatic carbocycles. The van der Waals surface area contributed by atoms with Crippen LogP contribution >= 0.6 is 11.6 Å². The largest absolute Gasteiger partial charge is 0.243 e. The molecule has 1 aliphatic heterocycles. The smallest absolute Gasteiger partial charge is 0.207 e. The standard InChI is InChI=1S/C17H20ClNO2S/c18-12-11-15-8-3-4-13-19(15)22(20,21)17-10-5-7-14-6-1-2-9-16(14)17/h1-2,5-7,9-10,15H,3-4,8,11-13H2/t15-/m1/s1. The molecular formula is C17H20ClNO2S. The lowest BCUT2D eigenvalue weighted by atomic mass is 10.0. The Hall–Kier alpha value is -1.10. The quantitative estimate of drug-likeness (QED) is 0.790. The van der Waals surface area contributed by atoms with Gasteiger partial charge >= 0.3 is 0 Å². The van der Waals surface area contributed by atoms with E-state index < -0.39 is 10.0 Å². The van der Waals surface area contributed by atoms with Crippen LogP contribution in [0.4, 0.5) is 0 Å². The van der Waals surface area contributed by atoms with Gasteiger partial charge in [-0.2, -0.15) is 4.31 Å². The SMILES string of the molecule is O=S(=O)(c1cccc2ccccc12)N1CCCC[C@@H]1CCCl. The molecule has 1 aliphatic rings. The van der Waals surface area contributed by atoms with E-state index in [1.54, 1.807) is 10.4 Å². The van der Waals surface area contributed by atoms with Gasteiger partial charge in [0.15, 0.2) is 0 Å². The summed E-state index contributed by atoms with van der Waals surface area (Å²) in [5.41, 5.74) is 0. The lowest BCUT2D eigenvalue weighted by Crippen LogP contribution is -2.43. The summed E-state index contributed by atoms with van der Waals surface area (Å²) < 4.78 is 28.0. The van der Waals surface area contributed by atoms with E-state index in [1.807, 2.05) is 36.4 Å². The second-order valence-corrected chi connectivity index (χ2v) is 7.96. The first-order valence-electron chi connectivity index (χ1n) is 7.70. The number of hydrogen-bond acceptors (Lipinski definition) is 2. The van der Waals surface area contributed by atoms with Crippen LogP contribution in [0, 0.1) is 0 Å². The Labute approximate surface area is 136 Å². The van der Waals surface area contributed by atoms with Crippen LogP contribution in [0.15, 0.2) is 47.4 Å². The maximum Gasteiger partial charge on any atom is 0.243 e. The summed E-state index contributed by atoms with van der Waals surface area (Å²) in [7, 11) is -3.49. The predicted octanol–water partition coefficient (Wildman–Crippen LogP) is 4.01. The Morgan fingerprint density at radius 3 is 2.68 bits per heavy atom. The Bertz CT molecular complexity index is 753. The zero-order chi connectivity index (χ0) is 15.6. The minimum Gasteiger partial charge on any atom is -0.207 e. The van der Waals surface area contributed by atoms with Crippen LogP contribution < -0.4 is 0 Å². The summed E-state index contributed by atoms with van der Waals surface area (Å²) in [6.07, 6.45) is 3.61. The fraction of sp³-hybridized carbons (Fsp3) is 0.412. The number of piperidine rings is 1. The minimum absolute atomic E-state index is 0.0234. The summed E-state index contributed by atoms with van der Waals surface area (Å²) in [5.74, 6) is 0.492. The number of nitrogens with zero attached hydrogens (tertiary/aromatic N) is 1. The van der Waals surface area contributed by atoms with Gasteiger partial charge in [-0.15, -0.1) is 11.6 Å². The summed E-state index contributed by atoms with van der Waals surface area (Å²) in [6.45, 7) is 0.590. The number of hydrogen-bond donors (Lipinski definition) is 0. The number of fused-ring (bicyclic) bond motifs is 1. The maximum absolute atomic E-state index is 13.2. The summed E-state index contributed by atoms with van der Waals surface area (Å²) in [6, 6.07) is 13.1. The van der Waals surface area contributed by atoms with Crippen LogP contribution in [0.1, 0.15) is 25.7 Å². The third-order valence-electron chi connectivity index (χ3n) is 4.35. The van der Waals surface area contributed by atoms with Gasteiger partial charge in [0.05, 0.1) is 4.90 Å². The van der Waals surface area contributed by atoms with E-state index >= 15 is 0 Å². The number of halogens is 1. The van der Waals surface area contributed by atoms with Gasteiger partial charge in [0.2, 0.25) is 10.0 Å². The Morgan fingerprint density at radius 1 is 1.09 bits per heavy atom. The van der Waals surface area contributed by atoms with Gasteiger partial charge in [0.25, 0.3) is 0 Å². The number of sulfonamides is 1. The Morgan fingerprint density at radius 2 is 1.86 bits per heavy atom. The Balaban J connectivity index is 2.07. The monoisotopic (exact) mass is 337 g/mol. The van der Waals surface area contributed by atoms with Crippen LogP contribution in [-0.2, 0) is 10.0 Å². The summed E-state index contributed by atoms with van der Waals surface area (Å²) in [4.78, 5) is 0.409. The molecule has 0 aromatic heterocycles. The fourth-order valence-corrected chi connectivity index (χ4v) is 5.44. The normalized spacial score (nSPS) is 20.3. The van der Waals surface area contributed by atoms with E-state index in [2.05, 4.69) is 0 Å². The van der Waals surface area contributed by atoms with Crippen molar-refractivity contribution < 1.29 is 8.42 Å². The first kappa shape index (κ1) is 15.8. The predicted molar refractivity (Wildman–Crippen MR) is 90.8 cm³/mol. The van der Waals surface area contributed by atoms with Crippen molar-refractivity contribution in [3.05, 3.63) is 42.5 Å². The summed E-state index contributed by atoms with van der Waals surface area (Å²) >= 11 is 5.87. The zero-order valence-electron chi connectivity index (χ0n) is 12.4. The van der Waals surface area contributed by atoms with Crippen molar-refractivity contribution in [2.45, 2.75) is 36.6 Å². The van der Waals surface area contributed by atoms with Gasteiger partial charge in [0.1, 0.15) is 0 Å². The minimum atomic E-state index is -3.49. The molecule has 5 heteroatoms. The van der Waals surface area contributed by atoms with Crippen molar-refractivity contribution in [1.29, 1.82) is 0 Å². The molecule has 22 heavy (non-hydrogen) atoms. The highest BCUT2D eigenvalue weighted by molar-refractivity contribution is 7.89. The molecule has 1 saturated heterocycles. The third-order valence-corrected chi connectivity index (χ3v) is 6.58. The van der Waals surface area contributed by atoms with Crippen molar-refractivity contribution in [3.63, 3.8) is 0 Å². The van der Waals surface area contributed by atoms with Crippen LogP contribution in [-0.4, -0.2) is 31.2 Å². The van der Waals surface area contributed by atoms with Gasteiger partial charge in [-0.1, -0.05) is 42.8 Å². The molecule has 1 fully saturated rings. The van der Waals surface area contributed by atoms with Crippen molar-refractivity contribution in [2.75, 3.05) is 12.4 Å². The highest BCUT2D eigenvalue weighted by atomic mass is 35.5. The molecule has 0 bridgehead atoms. The average molecular weight is 338 g/mol. The molecule has 0 unspecified atom stereocenters. The lowest BCUT2D eigenvalue weighted by Gasteiger charge is -2.34. The topological polar surface area (TPSA) is 37.4 Å². The second kappa shape index (κ2) is 6.57. The highest BCUT2D eigenvalue weighted by Crippen LogP contribution is 2.31. The molecule has 3 nitrogen and oxygen atoms in total. The number of alkyl halides is 1. The molecule has 0 saturated carbocycles. The average Bonchev–Trinajstić information content (AvgIpc) is 2.55. The molecule has 0 amide bonds. The molecule has 0 spiro atoms. The molecule has 0 N–H and O–H groups in total. The summed E-state index contributed by atoms with van der Waals surface area (Å²) in [5, 5.41) is 1.75. The van der Waals surface area contributed by atoms with Crippen LogP contribution in [0.5, 0.6) is 0 Å². The molecule has 1 heterocycles. The van der Waals surface area contributed by atoms with E-state index in [0.29, 0.717) is 23.7 Å². The van der Waals surface area contributed by atoms with Gasteiger partial charge in [-0.05, 0) is 30.7 Å².